The van der Waals surface area contributed by atoms with Crippen LogP contribution in [0.15, 0.2) is 60.8 Å². The normalized spacial score (nSPS) is 13.3. The first-order valence-electron chi connectivity index (χ1n) is 13.5. The molecule has 0 spiro atoms. The first-order valence-corrected chi connectivity index (χ1v) is 13.5. The number of nitrogens with two attached hydrogens (primary N) is 1. The van der Waals surface area contributed by atoms with Gasteiger partial charge in [-0.3, -0.25) is 9.59 Å². The van der Waals surface area contributed by atoms with E-state index in [2.05, 4.69) is 92.2 Å². The lowest BCUT2D eigenvalue weighted by atomic mass is 9.94. The lowest BCUT2D eigenvalue weighted by Gasteiger charge is -2.16. The number of rotatable bonds is 21. The van der Waals surface area contributed by atoms with E-state index in [9.17, 15) is 9.59 Å². The summed E-state index contributed by atoms with van der Waals surface area (Å²) in [5.41, 5.74) is 5.75. The Morgan fingerprint density at radius 2 is 1.23 bits per heavy atom. The van der Waals surface area contributed by atoms with Gasteiger partial charge < -0.3 is 16.4 Å². The summed E-state index contributed by atoms with van der Waals surface area (Å²) in [5.74, 6) is 0.797. The zero-order valence-electron chi connectivity index (χ0n) is 22.5. The summed E-state index contributed by atoms with van der Waals surface area (Å²) >= 11 is 0. The molecule has 0 radical (unpaired) electrons. The van der Waals surface area contributed by atoms with Crippen molar-refractivity contribution in [1.82, 2.24) is 10.6 Å². The first-order chi connectivity index (χ1) is 17.0. The monoisotopic (exact) mass is 485 g/mol. The molecular weight excluding hydrogens is 434 g/mol. The molecule has 0 aliphatic carbocycles. The van der Waals surface area contributed by atoms with Crippen LogP contribution in [0.1, 0.15) is 85.0 Å². The number of hydrogen-bond acceptors (Lipinski definition) is 3. The Morgan fingerprint density at radius 1 is 0.743 bits per heavy atom. The maximum absolute atomic E-state index is 12.0. The number of carbonyl (C=O) groups excluding carboxylic acids is 2. The Morgan fingerprint density at radius 3 is 1.71 bits per heavy atom. The van der Waals surface area contributed by atoms with Crippen LogP contribution in [0, 0.1) is 11.8 Å². The van der Waals surface area contributed by atoms with Crippen molar-refractivity contribution in [2.45, 2.75) is 85.0 Å². The van der Waals surface area contributed by atoms with Gasteiger partial charge in [-0.15, -0.1) is 0 Å². The molecule has 0 bridgehead atoms. The van der Waals surface area contributed by atoms with E-state index in [-0.39, 0.29) is 17.7 Å². The molecule has 4 N–H and O–H groups in total. The van der Waals surface area contributed by atoms with Gasteiger partial charge in [-0.2, -0.15) is 0 Å². The maximum Gasteiger partial charge on any atom is 0.220 e. The Bertz CT molecular complexity index is 675. The van der Waals surface area contributed by atoms with Gasteiger partial charge in [0.2, 0.25) is 11.8 Å². The van der Waals surface area contributed by atoms with Gasteiger partial charge in [0.15, 0.2) is 0 Å². The van der Waals surface area contributed by atoms with Gasteiger partial charge >= 0.3 is 0 Å². The molecule has 0 unspecified atom stereocenters. The average molecular weight is 486 g/mol. The fraction of sp³-hybridized carbons (Fsp3) is 0.600. The van der Waals surface area contributed by atoms with Crippen LogP contribution < -0.4 is 16.4 Å². The van der Waals surface area contributed by atoms with E-state index in [1.165, 1.54) is 0 Å². The average Bonchev–Trinajstić information content (AvgIpc) is 2.83. The fourth-order valence-corrected chi connectivity index (χ4v) is 3.51. The molecule has 5 heteroatoms. The molecule has 2 amide bonds. The van der Waals surface area contributed by atoms with Crippen molar-refractivity contribution in [1.29, 1.82) is 0 Å². The number of amides is 2. The molecule has 0 aliphatic rings. The van der Waals surface area contributed by atoms with Gasteiger partial charge in [-0.05, 0) is 69.7 Å². The van der Waals surface area contributed by atoms with Gasteiger partial charge in [0.25, 0.3) is 0 Å². The maximum atomic E-state index is 12.0. The number of allylic oxidation sites excluding steroid dienone is 10. The van der Waals surface area contributed by atoms with Crippen molar-refractivity contribution in [2.24, 2.45) is 17.6 Å². The molecule has 0 aromatic rings. The summed E-state index contributed by atoms with van der Waals surface area (Å²) in [5, 5.41) is 5.73. The Kier molecular flexibility index (Phi) is 23.0. The summed E-state index contributed by atoms with van der Waals surface area (Å²) in [6.07, 6.45) is 30.5. The van der Waals surface area contributed by atoms with E-state index in [0.717, 1.165) is 51.4 Å². The van der Waals surface area contributed by atoms with Crippen molar-refractivity contribution in [3.63, 3.8) is 0 Å². The van der Waals surface area contributed by atoms with Crippen molar-refractivity contribution in [3.05, 3.63) is 60.8 Å². The summed E-state index contributed by atoms with van der Waals surface area (Å²) in [4.78, 5) is 23.9. The first kappa shape index (κ1) is 32.6. The minimum Gasteiger partial charge on any atom is -0.354 e. The predicted molar refractivity (Wildman–Crippen MR) is 151 cm³/mol. The fourth-order valence-electron chi connectivity index (χ4n) is 3.51. The molecule has 0 saturated heterocycles. The predicted octanol–water partition coefficient (Wildman–Crippen LogP) is 6.15. The van der Waals surface area contributed by atoms with E-state index in [1.54, 1.807) is 0 Å². The lowest BCUT2D eigenvalue weighted by Crippen LogP contribution is -2.36. The minimum atomic E-state index is 0.00809. The molecule has 0 aromatic heterocycles. The van der Waals surface area contributed by atoms with E-state index in [1.807, 2.05) is 0 Å². The Labute approximate surface area is 215 Å². The summed E-state index contributed by atoms with van der Waals surface area (Å²) in [6, 6.07) is 0. The van der Waals surface area contributed by atoms with Crippen LogP contribution in [-0.2, 0) is 9.59 Å². The van der Waals surface area contributed by atoms with Crippen molar-refractivity contribution >= 4 is 11.8 Å². The van der Waals surface area contributed by atoms with Crippen LogP contribution in [0.5, 0.6) is 0 Å². The molecule has 0 aromatic carbocycles. The van der Waals surface area contributed by atoms with Gasteiger partial charge in [0.1, 0.15) is 0 Å². The van der Waals surface area contributed by atoms with E-state index in [4.69, 9.17) is 5.73 Å². The molecule has 0 rings (SSSR count). The summed E-state index contributed by atoms with van der Waals surface area (Å²) in [7, 11) is 0. The van der Waals surface area contributed by atoms with Crippen molar-refractivity contribution in [2.75, 3.05) is 19.6 Å². The molecule has 0 heterocycles. The second-order valence-corrected chi connectivity index (χ2v) is 9.24. The van der Waals surface area contributed by atoms with Crippen LogP contribution in [0.25, 0.3) is 0 Å². The largest absolute Gasteiger partial charge is 0.354 e. The van der Waals surface area contributed by atoms with Crippen molar-refractivity contribution < 1.29 is 9.59 Å². The van der Waals surface area contributed by atoms with E-state index < -0.39 is 0 Å². The Hall–Kier alpha value is -2.40. The SMILES string of the molecule is CC/C=C\CC=CCC=CC/C=C\C/C=C\CCCC(=O)NCCNC(=O)C[C@@H](CN)CC(C)C. The third kappa shape index (κ3) is 24.5. The smallest absolute Gasteiger partial charge is 0.220 e. The summed E-state index contributed by atoms with van der Waals surface area (Å²) in [6.45, 7) is 7.87. The van der Waals surface area contributed by atoms with Crippen LogP contribution >= 0.6 is 0 Å². The quantitative estimate of drug-likeness (QED) is 0.135. The molecule has 1 atom stereocenters. The second-order valence-electron chi connectivity index (χ2n) is 9.24. The molecular formula is C30H51N3O2. The zero-order valence-corrected chi connectivity index (χ0v) is 22.5. The third-order valence-electron chi connectivity index (χ3n) is 5.31. The van der Waals surface area contributed by atoms with Gasteiger partial charge in [-0.1, -0.05) is 81.5 Å². The summed E-state index contributed by atoms with van der Waals surface area (Å²) < 4.78 is 0. The molecule has 0 fully saturated rings. The third-order valence-corrected chi connectivity index (χ3v) is 5.31. The van der Waals surface area contributed by atoms with Crippen LogP contribution in [0.3, 0.4) is 0 Å². The van der Waals surface area contributed by atoms with Gasteiger partial charge in [0, 0.05) is 25.9 Å². The zero-order chi connectivity index (χ0) is 26.0. The second kappa shape index (κ2) is 24.7. The number of hydrogen-bond donors (Lipinski definition) is 3. The highest BCUT2D eigenvalue weighted by Gasteiger charge is 2.13. The molecule has 5 nitrogen and oxygen atoms in total. The molecule has 35 heavy (non-hydrogen) atoms. The number of unbranched alkanes of at least 4 members (excludes halogenated alkanes) is 1. The topological polar surface area (TPSA) is 84.2 Å². The van der Waals surface area contributed by atoms with E-state index in [0.29, 0.717) is 38.4 Å². The van der Waals surface area contributed by atoms with Crippen LogP contribution in [0.2, 0.25) is 0 Å². The minimum absolute atomic E-state index is 0.00809. The molecule has 0 saturated carbocycles. The highest BCUT2D eigenvalue weighted by atomic mass is 16.2. The van der Waals surface area contributed by atoms with Crippen LogP contribution in [-0.4, -0.2) is 31.4 Å². The Balaban J connectivity index is 3.66. The molecule has 198 valence electrons. The van der Waals surface area contributed by atoms with E-state index >= 15 is 0 Å². The number of nitrogens with one attached hydrogen (secondary N) is 2. The highest BCUT2D eigenvalue weighted by Crippen LogP contribution is 2.13. The lowest BCUT2D eigenvalue weighted by molar-refractivity contribution is -0.123. The highest BCUT2D eigenvalue weighted by molar-refractivity contribution is 5.77. The standard InChI is InChI=1S/C30H51N3O2/c1-4-5-6-7-8-9-10-11-12-13-14-15-16-17-18-19-20-21-29(34)32-22-23-33-30(35)25-28(26-31)24-27(2)3/h5-6,8-9,11-12,14-15,17-18,27-28H,4,7,10,13,16,19-26,31H2,1-3H3,(H,32,34)(H,33,35)/b6-5-,9-8?,12-11?,15-14-,18-17-/t28-/m0/s1. The van der Waals surface area contributed by atoms with Gasteiger partial charge in [0.05, 0.1) is 0 Å². The van der Waals surface area contributed by atoms with Crippen molar-refractivity contribution in [3.8, 4) is 0 Å². The number of carbonyl (C=O) groups is 2. The van der Waals surface area contributed by atoms with Crippen LogP contribution in [0.4, 0.5) is 0 Å². The van der Waals surface area contributed by atoms with Gasteiger partial charge in [-0.25, -0.2) is 0 Å². The molecule has 0 aliphatic heterocycles.